The molecule has 16 heavy (non-hydrogen) atoms. The van der Waals surface area contributed by atoms with E-state index in [1.807, 2.05) is 0 Å². The Kier molecular flexibility index (Phi) is 5.04. The van der Waals surface area contributed by atoms with Gasteiger partial charge in [0.15, 0.2) is 0 Å². The fourth-order valence-electron chi connectivity index (χ4n) is 1.72. The van der Waals surface area contributed by atoms with Crippen LogP contribution in [0.3, 0.4) is 0 Å². The van der Waals surface area contributed by atoms with Crippen molar-refractivity contribution in [2.45, 2.75) is 33.6 Å². The maximum Gasteiger partial charge on any atom is -0.00255 e. The van der Waals surface area contributed by atoms with Gasteiger partial charge in [0.2, 0.25) is 0 Å². The molecule has 0 nitrogen and oxygen atoms in total. The molecule has 0 aliphatic carbocycles. The zero-order valence-corrected chi connectivity index (χ0v) is 10.7. The highest BCUT2D eigenvalue weighted by molar-refractivity contribution is 5.50. The van der Waals surface area contributed by atoms with Crippen LogP contribution < -0.4 is 0 Å². The Balaban J connectivity index is 2.70. The third kappa shape index (κ3) is 4.06. The number of aryl methyl sites for hydroxylation is 1. The van der Waals surface area contributed by atoms with E-state index < -0.39 is 0 Å². The third-order valence-corrected chi connectivity index (χ3v) is 2.83. The van der Waals surface area contributed by atoms with Gasteiger partial charge in [0, 0.05) is 0 Å². The molecular weight excluding hydrogens is 192 g/mol. The van der Waals surface area contributed by atoms with Crippen LogP contribution in [-0.2, 0) is 0 Å². The summed E-state index contributed by atoms with van der Waals surface area (Å²) in [5.74, 6) is 0.520. The van der Waals surface area contributed by atoms with Gasteiger partial charge in [-0.15, -0.1) is 0 Å². The van der Waals surface area contributed by atoms with Crippen LogP contribution in [0.2, 0.25) is 0 Å². The van der Waals surface area contributed by atoms with Crippen molar-refractivity contribution >= 4 is 6.08 Å². The second-order valence-corrected chi connectivity index (χ2v) is 4.51. The van der Waals surface area contributed by atoms with Gasteiger partial charge < -0.3 is 0 Å². The molecule has 0 saturated heterocycles. The summed E-state index contributed by atoms with van der Waals surface area (Å²) < 4.78 is 0. The summed E-state index contributed by atoms with van der Waals surface area (Å²) in [6, 6.07) is 8.62. The fourth-order valence-corrected chi connectivity index (χ4v) is 1.72. The van der Waals surface area contributed by atoms with Crippen molar-refractivity contribution in [3.8, 4) is 0 Å². The minimum absolute atomic E-state index is 0.520. The van der Waals surface area contributed by atoms with Gasteiger partial charge in [-0.3, -0.25) is 0 Å². The van der Waals surface area contributed by atoms with Crippen LogP contribution in [-0.4, -0.2) is 0 Å². The van der Waals surface area contributed by atoms with Crippen LogP contribution in [0.25, 0.3) is 6.08 Å². The molecule has 86 valence electrons. The molecule has 0 spiro atoms. The number of benzene rings is 1. The van der Waals surface area contributed by atoms with Crippen molar-refractivity contribution < 1.29 is 0 Å². The van der Waals surface area contributed by atoms with Gasteiger partial charge in [0.1, 0.15) is 0 Å². The predicted octanol–water partition coefficient (Wildman–Crippen LogP) is 5.00. The lowest BCUT2D eigenvalue weighted by Crippen LogP contribution is -1.96. The van der Waals surface area contributed by atoms with Gasteiger partial charge in [-0.25, -0.2) is 0 Å². The summed E-state index contributed by atoms with van der Waals surface area (Å²) in [4.78, 5) is 0. The van der Waals surface area contributed by atoms with E-state index in [-0.39, 0.29) is 0 Å². The van der Waals surface area contributed by atoms with Gasteiger partial charge in [0.05, 0.1) is 0 Å². The molecule has 0 N–H and O–H groups in total. The number of rotatable bonds is 5. The Morgan fingerprint density at radius 2 is 1.94 bits per heavy atom. The number of allylic oxidation sites excluding steroid dienone is 2. The van der Waals surface area contributed by atoms with Crippen molar-refractivity contribution in [2.75, 3.05) is 0 Å². The van der Waals surface area contributed by atoms with E-state index in [0.717, 1.165) is 0 Å². The van der Waals surface area contributed by atoms with E-state index in [1.165, 1.54) is 29.5 Å². The van der Waals surface area contributed by atoms with Gasteiger partial charge >= 0.3 is 0 Å². The zero-order valence-electron chi connectivity index (χ0n) is 10.7. The lowest BCUT2D eigenvalue weighted by molar-refractivity contribution is 0.662. The Bertz CT molecular complexity index is 354. The molecule has 0 saturated carbocycles. The number of hydrogen-bond donors (Lipinski definition) is 0. The number of hydrogen-bond acceptors (Lipinski definition) is 0. The molecule has 0 heteroatoms. The summed E-state index contributed by atoms with van der Waals surface area (Å²) in [5.41, 5.74) is 3.83. The van der Waals surface area contributed by atoms with E-state index in [2.05, 4.69) is 63.8 Å². The molecule has 1 aromatic rings. The predicted molar refractivity (Wildman–Crippen MR) is 73.4 cm³/mol. The molecule has 1 aromatic carbocycles. The molecule has 1 rings (SSSR count). The summed E-state index contributed by atoms with van der Waals surface area (Å²) in [6.07, 6.45) is 6.87. The molecule has 1 unspecified atom stereocenters. The van der Waals surface area contributed by atoms with Crippen molar-refractivity contribution in [1.82, 2.24) is 0 Å². The second kappa shape index (κ2) is 6.32. The average molecular weight is 214 g/mol. The van der Waals surface area contributed by atoms with Crippen molar-refractivity contribution in [3.63, 3.8) is 0 Å². The molecule has 0 heterocycles. The first kappa shape index (κ1) is 12.8. The Morgan fingerprint density at radius 1 is 1.31 bits per heavy atom. The molecule has 0 aliphatic rings. The van der Waals surface area contributed by atoms with Gasteiger partial charge in [-0.05, 0) is 31.7 Å². The highest BCUT2D eigenvalue weighted by Gasteiger charge is 2.02. The monoisotopic (exact) mass is 214 g/mol. The topological polar surface area (TPSA) is 0 Å². The fraction of sp³-hybridized carbons (Fsp3) is 0.375. The standard InChI is InChI=1S/C16H22/c1-5-6-16(13(2)3)12-11-15-9-7-14(4)8-10-15/h7-12,16H,2,5-6H2,1,3-4H3/b12-11-. The van der Waals surface area contributed by atoms with E-state index in [4.69, 9.17) is 0 Å². The van der Waals surface area contributed by atoms with E-state index in [9.17, 15) is 0 Å². The molecule has 0 bridgehead atoms. The van der Waals surface area contributed by atoms with E-state index in [1.54, 1.807) is 0 Å². The SMILES string of the molecule is C=C(C)C(/C=C\c1ccc(C)cc1)CCC. The van der Waals surface area contributed by atoms with Crippen LogP contribution in [0.1, 0.15) is 37.8 Å². The first-order chi connectivity index (χ1) is 7.63. The molecular formula is C16H22. The summed E-state index contributed by atoms with van der Waals surface area (Å²) >= 11 is 0. The first-order valence-corrected chi connectivity index (χ1v) is 6.03. The summed E-state index contributed by atoms with van der Waals surface area (Å²) in [5, 5.41) is 0. The molecule has 0 amide bonds. The van der Waals surface area contributed by atoms with Crippen molar-refractivity contribution in [2.24, 2.45) is 5.92 Å². The van der Waals surface area contributed by atoms with Crippen molar-refractivity contribution in [3.05, 3.63) is 53.6 Å². The smallest absolute Gasteiger partial charge is 0.00255 e. The Morgan fingerprint density at radius 3 is 2.44 bits per heavy atom. The molecule has 1 atom stereocenters. The van der Waals surface area contributed by atoms with Crippen molar-refractivity contribution in [1.29, 1.82) is 0 Å². The van der Waals surface area contributed by atoms with Gasteiger partial charge in [-0.1, -0.05) is 67.5 Å². The highest BCUT2D eigenvalue weighted by Crippen LogP contribution is 2.18. The average Bonchev–Trinajstić information content (AvgIpc) is 2.26. The summed E-state index contributed by atoms with van der Waals surface area (Å²) in [6.45, 7) is 10.5. The molecule has 0 aromatic heterocycles. The lowest BCUT2D eigenvalue weighted by atomic mass is 9.95. The minimum atomic E-state index is 0.520. The normalized spacial score (nSPS) is 12.9. The van der Waals surface area contributed by atoms with Crippen LogP contribution in [0.4, 0.5) is 0 Å². The highest BCUT2D eigenvalue weighted by atomic mass is 14.1. The first-order valence-electron chi connectivity index (χ1n) is 6.03. The summed E-state index contributed by atoms with van der Waals surface area (Å²) in [7, 11) is 0. The lowest BCUT2D eigenvalue weighted by Gasteiger charge is -2.10. The van der Waals surface area contributed by atoms with Gasteiger partial charge in [-0.2, -0.15) is 0 Å². The zero-order chi connectivity index (χ0) is 12.0. The van der Waals surface area contributed by atoms with E-state index >= 15 is 0 Å². The maximum atomic E-state index is 4.05. The van der Waals surface area contributed by atoms with Crippen LogP contribution in [0.5, 0.6) is 0 Å². The van der Waals surface area contributed by atoms with E-state index in [0.29, 0.717) is 5.92 Å². The second-order valence-electron chi connectivity index (χ2n) is 4.51. The molecule has 0 aliphatic heterocycles. The minimum Gasteiger partial charge on any atom is -0.0995 e. The van der Waals surface area contributed by atoms with Gasteiger partial charge in [0.25, 0.3) is 0 Å². The van der Waals surface area contributed by atoms with Crippen LogP contribution in [0.15, 0.2) is 42.5 Å². The quantitative estimate of drug-likeness (QED) is 0.605. The molecule has 0 radical (unpaired) electrons. The third-order valence-electron chi connectivity index (χ3n) is 2.83. The largest absolute Gasteiger partial charge is 0.0995 e. The van der Waals surface area contributed by atoms with Crippen LogP contribution >= 0.6 is 0 Å². The van der Waals surface area contributed by atoms with Crippen LogP contribution in [0, 0.1) is 12.8 Å². The Hall–Kier alpha value is -1.30. The Labute approximate surface area is 99.7 Å². The maximum absolute atomic E-state index is 4.05. The molecule has 0 fully saturated rings.